The van der Waals surface area contributed by atoms with Gasteiger partial charge in [-0.3, -0.25) is 0 Å². The molecular formula is C12H20. The van der Waals surface area contributed by atoms with Crippen LogP contribution in [0.3, 0.4) is 0 Å². The van der Waals surface area contributed by atoms with Crippen molar-refractivity contribution in [1.29, 1.82) is 0 Å². The summed E-state index contributed by atoms with van der Waals surface area (Å²) in [4.78, 5) is 0. The fourth-order valence-corrected chi connectivity index (χ4v) is 2.99. The number of fused-ring (bicyclic) bond motifs is 1. The molecule has 0 spiro atoms. The summed E-state index contributed by atoms with van der Waals surface area (Å²) in [6.45, 7) is 2.33. The van der Waals surface area contributed by atoms with Crippen molar-refractivity contribution < 1.29 is 0 Å². The fourth-order valence-electron chi connectivity index (χ4n) is 2.99. The third kappa shape index (κ3) is 1.44. The molecule has 0 aromatic heterocycles. The largest absolute Gasteiger partial charge is 0.0710 e. The molecule has 0 heteroatoms. The second kappa shape index (κ2) is 3.64. The Bertz CT molecular complexity index is 188. The molecule has 0 amide bonds. The molecule has 1 fully saturated rings. The normalized spacial score (nSPS) is 30.2. The van der Waals surface area contributed by atoms with Gasteiger partial charge in [0.1, 0.15) is 0 Å². The van der Waals surface area contributed by atoms with Crippen LogP contribution in [-0.2, 0) is 0 Å². The quantitative estimate of drug-likeness (QED) is 0.512. The Morgan fingerprint density at radius 2 is 1.92 bits per heavy atom. The summed E-state index contributed by atoms with van der Waals surface area (Å²) >= 11 is 0. The van der Waals surface area contributed by atoms with Gasteiger partial charge in [0.05, 0.1) is 0 Å². The maximum Gasteiger partial charge on any atom is -0.0200 e. The van der Waals surface area contributed by atoms with Crippen molar-refractivity contribution in [2.75, 3.05) is 0 Å². The summed E-state index contributed by atoms with van der Waals surface area (Å²) in [6, 6.07) is 0. The summed E-state index contributed by atoms with van der Waals surface area (Å²) in [7, 11) is 0. The van der Waals surface area contributed by atoms with Crippen LogP contribution in [0.4, 0.5) is 0 Å². The van der Waals surface area contributed by atoms with Gasteiger partial charge in [0, 0.05) is 0 Å². The van der Waals surface area contributed by atoms with E-state index >= 15 is 0 Å². The molecule has 2 aliphatic rings. The lowest BCUT2D eigenvalue weighted by molar-refractivity contribution is 0.390. The SMILES string of the molecule is CCC1=C2CCCCC2CCC1. The van der Waals surface area contributed by atoms with Gasteiger partial charge >= 0.3 is 0 Å². The highest BCUT2D eigenvalue weighted by atomic mass is 14.3. The lowest BCUT2D eigenvalue weighted by atomic mass is 9.74. The third-order valence-corrected chi connectivity index (χ3v) is 3.65. The number of rotatable bonds is 1. The molecule has 0 saturated heterocycles. The highest BCUT2D eigenvalue weighted by Crippen LogP contribution is 2.40. The lowest BCUT2D eigenvalue weighted by Crippen LogP contribution is -2.16. The fraction of sp³-hybridized carbons (Fsp3) is 0.833. The van der Waals surface area contributed by atoms with Gasteiger partial charge in [0.15, 0.2) is 0 Å². The smallest absolute Gasteiger partial charge is 0.0200 e. The molecule has 1 saturated carbocycles. The van der Waals surface area contributed by atoms with Crippen molar-refractivity contribution >= 4 is 0 Å². The molecule has 0 nitrogen and oxygen atoms in total. The van der Waals surface area contributed by atoms with Crippen LogP contribution < -0.4 is 0 Å². The van der Waals surface area contributed by atoms with E-state index in [2.05, 4.69) is 6.92 Å². The second-order valence-corrected chi connectivity index (χ2v) is 4.32. The Morgan fingerprint density at radius 3 is 2.75 bits per heavy atom. The van der Waals surface area contributed by atoms with Crippen LogP contribution in [0.1, 0.15) is 58.3 Å². The van der Waals surface area contributed by atoms with Gasteiger partial charge in [-0.05, 0) is 50.9 Å². The average Bonchev–Trinajstić information content (AvgIpc) is 2.17. The molecule has 1 atom stereocenters. The highest BCUT2D eigenvalue weighted by molar-refractivity contribution is 5.21. The van der Waals surface area contributed by atoms with Crippen LogP contribution in [0.2, 0.25) is 0 Å². The van der Waals surface area contributed by atoms with Gasteiger partial charge in [0.2, 0.25) is 0 Å². The summed E-state index contributed by atoms with van der Waals surface area (Å²) in [5.74, 6) is 1.02. The lowest BCUT2D eigenvalue weighted by Gasteiger charge is -2.32. The van der Waals surface area contributed by atoms with E-state index in [1.807, 2.05) is 11.1 Å². The van der Waals surface area contributed by atoms with Crippen molar-refractivity contribution in [2.45, 2.75) is 58.3 Å². The molecule has 0 aromatic carbocycles. The maximum absolute atomic E-state index is 2.33. The Kier molecular flexibility index (Phi) is 2.53. The monoisotopic (exact) mass is 164 g/mol. The second-order valence-electron chi connectivity index (χ2n) is 4.32. The molecule has 12 heavy (non-hydrogen) atoms. The van der Waals surface area contributed by atoms with Gasteiger partial charge in [0.25, 0.3) is 0 Å². The van der Waals surface area contributed by atoms with E-state index in [0.717, 1.165) is 5.92 Å². The molecule has 2 rings (SSSR count). The van der Waals surface area contributed by atoms with Crippen LogP contribution in [0, 0.1) is 5.92 Å². The molecular weight excluding hydrogens is 144 g/mol. The van der Waals surface area contributed by atoms with Crippen molar-refractivity contribution in [3.8, 4) is 0 Å². The van der Waals surface area contributed by atoms with Crippen LogP contribution in [0.25, 0.3) is 0 Å². The first-order valence-corrected chi connectivity index (χ1v) is 5.62. The first-order valence-electron chi connectivity index (χ1n) is 5.62. The number of allylic oxidation sites excluding steroid dienone is 2. The minimum atomic E-state index is 1.02. The van der Waals surface area contributed by atoms with E-state index < -0.39 is 0 Å². The highest BCUT2D eigenvalue weighted by Gasteiger charge is 2.24. The first kappa shape index (κ1) is 8.34. The molecule has 0 radical (unpaired) electrons. The molecule has 1 unspecified atom stereocenters. The Balaban J connectivity index is 2.19. The third-order valence-electron chi connectivity index (χ3n) is 3.65. The number of hydrogen-bond acceptors (Lipinski definition) is 0. The van der Waals surface area contributed by atoms with Gasteiger partial charge in [-0.2, -0.15) is 0 Å². The standard InChI is InChI=1S/C12H20/c1-2-10-7-5-8-11-6-3-4-9-12(10)11/h11H,2-9H2,1H3. The predicted octanol–water partition coefficient (Wildman–Crippen LogP) is 4.07. The first-order chi connectivity index (χ1) is 5.92. The van der Waals surface area contributed by atoms with E-state index in [4.69, 9.17) is 0 Å². The molecule has 0 heterocycles. The zero-order valence-corrected chi connectivity index (χ0v) is 8.23. The molecule has 0 bridgehead atoms. The van der Waals surface area contributed by atoms with Crippen LogP contribution in [0.15, 0.2) is 11.1 Å². The van der Waals surface area contributed by atoms with Crippen molar-refractivity contribution in [2.24, 2.45) is 5.92 Å². The number of hydrogen-bond donors (Lipinski definition) is 0. The molecule has 68 valence electrons. The average molecular weight is 164 g/mol. The van der Waals surface area contributed by atoms with Crippen LogP contribution in [-0.4, -0.2) is 0 Å². The Hall–Kier alpha value is -0.260. The van der Waals surface area contributed by atoms with E-state index in [-0.39, 0.29) is 0 Å². The van der Waals surface area contributed by atoms with E-state index in [0.29, 0.717) is 0 Å². The van der Waals surface area contributed by atoms with E-state index in [1.165, 1.54) is 51.4 Å². The summed E-state index contributed by atoms with van der Waals surface area (Å²) < 4.78 is 0. The zero-order valence-electron chi connectivity index (χ0n) is 8.23. The summed E-state index contributed by atoms with van der Waals surface area (Å²) in [5.41, 5.74) is 3.71. The van der Waals surface area contributed by atoms with Crippen molar-refractivity contribution in [3.05, 3.63) is 11.1 Å². The minimum Gasteiger partial charge on any atom is -0.0710 e. The van der Waals surface area contributed by atoms with E-state index in [1.54, 1.807) is 0 Å². The van der Waals surface area contributed by atoms with Crippen LogP contribution in [0.5, 0.6) is 0 Å². The van der Waals surface area contributed by atoms with E-state index in [9.17, 15) is 0 Å². The molecule has 0 aliphatic heterocycles. The van der Waals surface area contributed by atoms with Crippen molar-refractivity contribution in [1.82, 2.24) is 0 Å². The molecule has 0 aromatic rings. The zero-order chi connectivity index (χ0) is 8.39. The summed E-state index contributed by atoms with van der Waals surface area (Å²) in [5, 5.41) is 0. The molecule has 2 aliphatic carbocycles. The van der Waals surface area contributed by atoms with Gasteiger partial charge in [-0.1, -0.05) is 24.5 Å². The Labute approximate surface area is 76.1 Å². The molecule has 0 N–H and O–H groups in total. The van der Waals surface area contributed by atoms with Gasteiger partial charge in [-0.15, -0.1) is 0 Å². The summed E-state index contributed by atoms with van der Waals surface area (Å²) in [6.07, 6.45) is 11.6. The predicted molar refractivity (Wildman–Crippen MR) is 53.1 cm³/mol. The van der Waals surface area contributed by atoms with Gasteiger partial charge in [-0.25, -0.2) is 0 Å². The topological polar surface area (TPSA) is 0 Å². The Morgan fingerprint density at radius 1 is 1.08 bits per heavy atom. The van der Waals surface area contributed by atoms with Crippen LogP contribution >= 0.6 is 0 Å². The van der Waals surface area contributed by atoms with Crippen molar-refractivity contribution in [3.63, 3.8) is 0 Å². The van der Waals surface area contributed by atoms with Gasteiger partial charge < -0.3 is 0 Å². The maximum atomic E-state index is 2.33. The minimum absolute atomic E-state index is 1.02.